The highest BCUT2D eigenvalue weighted by Crippen LogP contribution is 2.25. The van der Waals surface area contributed by atoms with Gasteiger partial charge < -0.3 is 9.72 Å². The highest BCUT2D eigenvalue weighted by Gasteiger charge is 2.24. The predicted molar refractivity (Wildman–Crippen MR) is 93.9 cm³/mol. The third-order valence-electron chi connectivity index (χ3n) is 3.62. The summed E-state index contributed by atoms with van der Waals surface area (Å²) in [5.41, 5.74) is 3.41. The van der Waals surface area contributed by atoms with E-state index < -0.39 is 5.97 Å². The first-order valence-electron chi connectivity index (χ1n) is 7.23. The summed E-state index contributed by atoms with van der Waals surface area (Å²) in [6.07, 6.45) is 1.53. The lowest BCUT2D eigenvalue weighted by molar-refractivity contribution is 0.0519. The zero-order valence-corrected chi connectivity index (χ0v) is 14.9. The summed E-state index contributed by atoms with van der Waals surface area (Å²) < 4.78 is 5.88. The van der Waals surface area contributed by atoms with Crippen molar-refractivity contribution in [1.82, 2.24) is 4.98 Å². The molecule has 2 rings (SSSR count). The number of rotatable bonds is 5. The third-order valence-corrected chi connectivity index (χ3v) is 4.48. The Hall–Kier alpha value is -2.14. The van der Waals surface area contributed by atoms with Gasteiger partial charge in [0.25, 0.3) is 0 Å². The zero-order chi connectivity index (χ0) is 17.1. The number of aryl methyl sites for hydroxylation is 1. The number of carbonyl (C=O) groups is 2. The molecule has 5 heteroatoms. The van der Waals surface area contributed by atoms with Crippen molar-refractivity contribution >= 4 is 33.8 Å². The number of H-pyrrole nitrogens is 1. The van der Waals surface area contributed by atoms with Crippen LogP contribution < -0.4 is 0 Å². The molecule has 1 N–H and O–H groups in total. The van der Waals surface area contributed by atoms with Crippen LogP contribution in [-0.2, 0) is 4.74 Å². The molecule has 0 fully saturated rings. The molecule has 0 atom stereocenters. The van der Waals surface area contributed by atoms with Gasteiger partial charge in [0.05, 0.1) is 12.2 Å². The molecule has 0 aliphatic carbocycles. The molecule has 0 saturated heterocycles. The number of ether oxygens (including phenoxy) is 1. The van der Waals surface area contributed by atoms with E-state index in [0.717, 1.165) is 10.0 Å². The summed E-state index contributed by atoms with van der Waals surface area (Å²) in [5, 5.41) is 0. The fraction of sp³-hybridized carbons (Fsp3) is 0.222. The third kappa shape index (κ3) is 3.29. The molecule has 0 unspecified atom stereocenters. The number of benzene rings is 1. The van der Waals surface area contributed by atoms with Crippen molar-refractivity contribution in [1.29, 1.82) is 0 Å². The summed E-state index contributed by atoms with van der Waals surface area (Å²) >= 11 is 3.44. The van der Waals surface area contributed by atoms with Crippen molar-refractivity contribution in [2.24, 2.45) is 0 Å². The number of aromatic amines is 1. The second kappa shape index (κ2) is 6.96. The Labute approximate surface area is 143 Å². The normalized spacial score (nSPS) is 10.4. The van der Waals surface area contributed by atoms with Crippen LogP contribution in [0.2, 0.25) is 0 Å². The van der Waals surface area contributed by atoms with Crippen LogP contribution in [0.3, 0.4) is 0 Å². The van der Waals surface area contributed by atoms with E-state index in [1.807, 2.05) is 13.0 Å². The first kappa shape index (κ1) is 17.2. The van der Waals surface area contributed by atoms with Gasteiger partial charge in [0.1, 0.15) is 5.69 Å². The summed E-state index contributed by atoms with van der Waals surface area (Å²) in [6.45, 7) is 9.40. The summed E-state index contributed by atoms with van der Waals surface area (Å²) in [4.78, 5) is 27.8. The SMILES string of the molecule is C=Cc1[nH]c(C(=O)OCC)c(C)c1C(=O)c1ccc(C)c(Br)c1. The first-order chi connectivity index (χ1) is 10.9. The first-order valence-corrected chi connectivity index (χ1v) is 8.03. The second-order valence-electron chi connectivity index (χ2n) is 5.13. The number of aromatic nitrogens is 1. The number of hydrogen-bond acceptors (Lipinski definition) is 3. The van der Waals surface area contributed by atoms with Crippen LogP contribution in [0, 0.1) is 13.8 Å². The number of ketones is 1. The van der Waals surface area contributed by atoms with Gasteiger partial charge >= 0.3 is 5.97 Å². The van der Waals surface area contributed by atoms with Gasteiger partial charge in [-0.2, -0.15) is 0 Å². The molecule has 0 amide bonds. The molecule has 120 valence electrons. The molecule has 0 bridgehead atoms. The van der Waals surface area contributed by atoms with Crippen molar-refractivity contribution in [2.75, 3.05) is 6.61 Å². The molecule has 0 saturated carbocycles. The largest absolute Gasteiger partial charge is 0.461 e. The van der Waals surface area contributed by atoms with Gasteiger partial charge in [0.15, 0.2) is 5.78 Å². The molecule has 1 aromatic heterocycles. The summed E-state index contributed by atoms with van der Waals surface area (Å²) in [7, 11) is 0. The highest BCUT2D eigenvalue weighted by molar-refractivity contribution is 9.10. The van der Waals surface area contributed by atoms with Crippen LogP contribution in [0.4, 0.5) is 0 Å². The number of hydrogen-bond donors (Lipinski definition) is 1. The number of esters is 1. The van der Waals surface area contributed by atoms with Crippen molar-refractivity contribution in [2.45, 2.75) is 20.8 Å². The summed E-state index contributed by atoms with van der Waals surface area (Å²) in [6, 6.07) is 5.42. The van der Waals surface area contributed by atoms with E-state index in [-0.39, 0.29) is 18.1 Å². The number of nitrogens with one attached hydrogen (secondary N) is 1. The average Bonchev–Trinajstić information content (AvgIpc) is 2.86. The van der Waals surface area contributed by atoms with Gasteiger partial charge in [-0.15, -0.1) is 0 Å². The molecule has 1 aromatic carbocycles. The van der Waals surface area contributed by atoms with E-state index in [9.17, 15) is 9.59 Å². The maximum Gasteiger partial charge on any atom is 0.355 e. The quantitative estimate of drug-likeness (QED) is 0.620. The van der Waals surface area contributed by atoms with Crippen molar-refractivity contribution in [3.8, 4) is 0 Å². The van der Waals surface area contributed by atoms with Gasteiger partial charge in [0.2, 0.25) is 0 Å². The van der Waals surface area contributed by atoms with E-state index in [4.69, 9.17) is 4.74 Å². The van der Waals surface area contributed by atoms with Crippen LogP contribution in [0.5, 0.6) is 0 Å². The lowest BCUT2D eigenvalue weighted by Crippen LogP contribution is -2.08. The smallest absolute Gasteiger partial charge is 0.355 e. The minimum Gasteiger partial charge on any atom is -0.461 e. The molecular formula is C18H18BrNO3. The van der Waals surface area contributed by atoms with E-state index in [0.29, 0.717) is 22.4 Å². The van der Waals surface area contributed by atoms with Crippen LogP contribution >= 0.6 is 15.9 Å². The van der Waals surface area contributed by atoms with Crippen LogP contribution in [0.25, 0.3) is 6.08 Å². The standard InChI is InChI=1S/C18H18BrNO3/c1-5-14-15(11(4)16(20-14)18(22)23-6-2)17(21)12-8-7-10(3)13(19)9-12/h5,7-9,20H,1,6H2,2-4H3. The van der Waals surface area contributed by atoms with Crippen LogP contribution in [0.15, 0.2) is 29.3 Å². The maximum atomic E-state index is 12.9. The minimum absolute atomic E-state index is 0.162. The minimum atomic E-state index is -0.475. The number of halogens is 1. The molecular weight excluding hydrogens is 358 g/mol. The van der Waals surface area contributed by atoms with Gasteiger partial charge in [-0.3, -0.25) is 4.79 Å². The van der Waals surface area contributed by atoms with E-state index in [1.54, 1.807) is 26.0 Å². The summed E-state index contributed by atoms with van der Waals surface area (Å²) in [5.74, 6) is -0.637. The van der Waals surface area contributed by atoms with Gasteiger partial charge in [-0.1, -0.05) is 34.6 Å². The zero-order valence-electron chi connectivity index (χ0n) is 13.3. The van der Waals surface area contributed by atoms with E-state index >= 15 is 0 Å². The van der Waals surface area contributed by atoms with Crippen molar-refractivity contribution < 1.29 is 14.3 Å². The molecule has 23 heavy (non-hydrogen) atoms. The van der Waals surface area contributed by atoms with Crippen LogP contribution in [-0.4, -0.2) is 23.3 Å². The Balaban J connectivity index is 2.53. The Bertz CT molecular complexity index is 790. The fourth-order valence-corrected chi connectivity index (χ4v) is 2.73. The molecule has 0 aliphatic rings. The Kier molecular flexibility index (Phi) is 5.21. The fourth-order valence-electron chi connectivity index (χ4n) is 2.35. The molecule has 2 aromatic rings. The van der Waals surface area contributed by atoms with E-state index in [2.05, 4.69) is 27.5 Å². The van der Waals surface area contributed by atoms with Gasteiger partial charge in [-0.25, -0.2) is 4.79 Å². The lowest BCUT2D eigenvalue weighted by atomic mass is 9.98. The van der Waals surface area contributed by atoms with Gasteiger partial charge in [-0.05, 0) is 44.0 Å². The predicted octanol–water partition coefficient (Wildman–Crippen LogP) is 4.44. The molecule has 0 aliphatic heterocycles. The second-order valence-corrected chi connectivity index (χ2v) is 5.99. The molecule has 4 nitrogen and oxygen atoms in total. The van der Waals surface area contributed by atoms with Gasteiger partial charge in [0, 0.05) is 15.7 Å². The lowest BCUT2D eigenvalue weighted by Gasteiger charge is -2.05. The number of carbonyl (C=O) groups excluding carboxylic acids is 2. The monoisotopic (exact) mass is 375 g/mol. The van der Waals surface area contributed by atoms with E-state index in [1.165, 1.54) is 6.08 Å². The van der Waals surface area contributed by atoms with Crippen molar-refractivity contribution in [3.05, 3.63) is 62.9 Å². The average molecular weight is 376 g/mol. The molecule has 0 radical (unpaired) electrons. The van der Waals surface area contributed by atoms with Crippen LogP contribution in [0.1, 0.15) is 50.2 Å². The highest BCUT2D eigenvalue weighted by atomic mass is 79.9. The molecule has 0 spiro atoms. The Morgan fingerprint density at radius 3 is 2.61 bits per heavy atom. The maximum absolute atomic E-state index is 12.9. The molecule has 1 heterocycles. The topological polar surface area (TPSA) is 59.2 Å². The Morgan fingerprint density at radius 1 is 1.35 bits per heavy atom. The Morgan fingerprint density at radius 2 is 2.04 bits per heavy atom. The van der Waals surface area contributed by atoms with Crippen molar-refractivity contribution in [3.63, 3.8) is 0 Å².